The molecule has 0 aliphatic heterocycles. The number of quaternary nitrogens is 1. The minimum absolute atomic E-state index is 0.0485. The van der Waals surface area contributed by atoms with Crippen LogP contribution in [-0.2, 0) is 14.3 Å². The van der Waals surface area contributed by atoms with Crippen LogP contribution in [0.3, 0.4) is 0 Å². The zero-order chi connectivity index (χ0) is 16.4. The molecule has 0 bridgehead atoms. The first-order valence-corrected chi connectivity index (χ1v) is 5.94. The first-order valence-electron chi connectivity index (χ1n) is 5.94. The average Bonchev–Trinajstić information content (AvgIpc) is 2.22. The van der Waals surface area contributed by atoms with E-state index in [1.807, 2.05) is 0 Å². The third-order valence-electron chi connectivity index (χ3n) is 1.64. The molecule has 0 radical (unpaired) electrons. The Kier molecular flexibility index (Phi) is 9.82. The molecule has 0 saturated carbocycles. The van der Waals surface area contributed by atoms with Crippen molar-refractivity contribution in [1.82, 2.24) is 5.32 Å². The first-order chi connectivity index (χ1) is 8.96. The Morgan fingerprint density at radius 2 is 1.90 bits per heavy atom. The Hall–Kier alpha value is -1.48. The molecule has 3 N–H and O–H groups in total. The van der Waals surface area contributed by atoms with Crippen molar-refractivity contribution in [1.29, 1.82) is 0 Å². The van der Waals surface area contributed by atoms with Crippen molar-refractivity contribution < 1.29 is 34.1 Å². The van der Waals surface area contributed by atoms with E-state index in [9.17, 15) is 14.7 Å². The quantitative estimate of drug-likeness (QED) is 0.204. The summed E-state index contributed by atoms with van der Waals surface area (Å²) in [5, 5.41) is 29.9. The van der Waals surface area contributed by atoms with Crippen molar-refractivity contribution in [3.05, 3.63) is 12.7 Å². The number of nitrogens with one attached hydrogen (secondary N) is 1. The third-order valence-corrected chi connectivity index (χ3v) is 1.64. The van der Waals surface area contributed by atoms with Gasteiger partial charge in [0.05, 0.1) is 27.1 Å². The van der Waals surface area contributed by atoms with Gasteiger partial charge in [-0.05, 0) is 6.54 Å². The van der Waals surface area contributed by atoms with Crippen LogP contribution in [0.1, 0.15) is 6.92 Å². The Labute approximate surface area is 118 Å². The number of esters is 1. The maximum absolute atomic E-state index is 10.8. The van der Waals surface area contributed by atoms with Crippen LogP contribution in [0.2, 0.25) is 0 Å². The van der Waals surface area contributed by atoms with Gasteiger partial charge in [-0.1, -0.05) is 19.6 Å². The van der Waals surface area contributed by atoms with Crippen LogP contribution in [0.25, 0.3) is 0 Å². The van der Waals surface area contributed by atoms with Gasteiger partial charge in [-0.25, -0.2) is 4.79 Å². The number of carbonyl (C=O) groups excluding carboxylic acids is 2. The van der Waals surface area contributed by atoms with E-state index in [-0.39, 0.29) is 19.7 Å². The van der Waals surface area contributed by atoms with Gasteiger partial charge in [0.25, 0.3) is 0 Å². The Bertz CT molecular complexity index is 322. The van der Waals surface area contributed by atoms with Crippen LogP contribution in [-0.4, -0.2) is 73.4 Å². The van der Waals surface area contributed by atoms with Gasteiger partial charge in [0.2, 0.25) is 0 Å². The smallest absolute Gasteiger partial charge is 0.383 e. The van der Waals surface area contributed by atoms with Crippen molar-refractivity contribution >= 4 is 11.9 Å². The summed E-state index contributed by atoms with van der Waals surface area (Å²) in [6.07, 6.45) is 1.33. The number of hydrogen-bond acceptors (Lipinski definition) is 7. The van der Waals surface area contributed by atoms with E-state index in [1.54, 1.807) is 28.1 Å². The van der Waals surface area contributed by atoms with E-state index in [4.69, 9.17) is 10.2 Å². The molecule has 0 fully saturated rings. The highest BCUT2D eigenvalue weighted by molar-refractivity contribution is 5.76. The van der Waals surface area contributed by atoms with Crippen LogP contribution in [0.4, 0.5) is 0 Å². The molecule has 0 aromatic heterocycles. The van der Waals surface area contributed by atoms with Crippen molar-refractivity contribution in [2.75, 3.05) is 40.8 Å². The van der Waals surface area contributed by atoms with E-state index in [0.29, 0.717) is 4.48 Å². The van der Waals surface area contributed by atoms with Gasteiger partial charge in [0.1, 0.15) is 13.2 Å². The summed E-state index contributed by atoms with van der Waals surface area (Å²) < 4.78 is 4.81. The number of hydrogen-bond donors (Lipinski definition) is 3. The summed E-state index contributed by atoms with van der Waals surface area (Å²) in [4.78, 5) is 20.7. The van der Waals surface area contributed by atoms with Gasteiger partial charge in [0, 0.05) is 0 Å². The number of aliphatic hydroxyl groups is 2. The van der Waals surface area contributed by atoms with Gasteiger partial charge in [-0.3, -0.25) is 5.32 Å². The Morgan fingerprint density at radius 1 is 1.40 bits per heavy atom. The lowest BCUT2D eigenvalue weighted by Gasteiger charge is -2.23. The number of carboxylic acids is 1. The van der Waals surface area contributed by atoms with E-state index < -0.39 is 17.8 Å². The molecule has 0 aromatic rings. The number of likely N-dealkylation sites (N-methyl/N-ethyl adjacent to an activating group) is 2. The number of ether oxygens (including phenoxy) is 1. The van der Waals surface area contributed by atoms with E-state index in [0.717, 1.165) is 0 Å². The van der Waals surface area contributed by atoms with Crippen LogP contribution in [0.15, 0.2) is 12.7 Å². The molecule has 8 heteroatoms. The zero-order valence-corrected chi connectivity index (χ0v) is 12.4. The SMILES string of the molecule is C=CCOC(=O)C(O)(O)NCC.C[N+](C)(C)CC(=O)[O-]. The van der Waals surface area contributed by atoms with E-state index in [2.05, 4.69) is 16.6 Å². The molecule has 20 heavy (non-hydrogen) atoms. The average molecular weight is 292 g/mol. The molecule has 0 aliphatic carbocycles. The lowest BCUT2D eigenvalue weighted by atomic mass is 10.4. The van der Waals surface area contributed by atoms with Gasteiger partial charge in [-0.2, -0.15) is 0 Å². The molecule has 0 rings (SSSR count). The topological polar surface area (TPSA) is 119 Å². The van der Waals surface area contributed by atoms with Crippen molar-refractivity contribution in [3.63, 3.8) is 0 Å². The van der Waals surface area contributed by atoms with Crippen molar-refractivity contribution in [2.24, 2.45) is 0 Å². The highest BCUT2D eigenvalue weighted by Crippen LogP contribution is 1.97. The lowest BCUT2D eigenvalue weighted by molar-refractivity contribution is -0.864. The fourth-order valence-corrected chi connectivity index (χ4v) is 0.941. The first kappa shape index (κ1) is 20.8. The summed E-state index contributed by atoms with van der Waals surface area (Å²) in [6.45, 7) is 5.19. The number of nitrogens with zero attached hydrogens (tertiary/aromatic N) is 1. The molecule has 118 valence electrons. The number of rotatable bonds is 7. The molecule has 8 nitrogen and oxygen atoms in total. The molecule has 0 unspecified atom stereocenters. The molecule has 0 aliphatic rings. The molecule has 0 aromatic carbocycles. The summed E-state index contributed by atoms with van der Waals surface area (Å²) in [5.41, 5.74) is 0. The fraction of sp³-hybridized carbons (Fsp3) is 0.667. The molecule has 0 amide bonds. The van der Waals surface area contributed by atoms with Gasteiger partial charge >= 0.3 is 11.9 Å². The predicted molar refractivity (Wildman–Crippen MR) is 69.9 cm³/mol. The third kappa shape index (κ3) is 13.0. The van der Waals surface area contributed by atoms with Gasteiger partial charge in [0.15, 0.2) is 0 Å². The number of aliphatic carboxylic acids is 1. The second-order valence-electron chi connectivity index (χ2n) is 4.91. The number of carboxylic acid groups (broad SMARTS) is 1. The van der Waals surface area contributed by atoms with Crippen LogP contribution >= 0.6 is 0 Å². The highest BCUT2D eigenvalue weighted by Gasteiger charge is 2.33. The Morgan fingerprint density at radius 3 is 2.15 bits per heavy atom. The summed E-state index contributed by atoms with van der Waals surface area (Å²) >= 11 is 0. The van der Waals surface area contributed by atoms with E-state index in [1.165, 1.54) is 6.08 Å². The van der Waals surface area contributed by atoms with Crippen molar-refractivity contribution in [2.45, 2.75) is 12.8 Å². The largest absolute Gasteiger partial charge is 0.544 e. The van der Waals surface area contributed by atoms with E-state index >= 15 is 0 Å². The fourth-order valence-electron chi connectivity index (χ4n) is 0.941. The summed E-state index contributed by atoms with van der Waals surface area (Å²) in [7, 11) is 5.40. The van der Waals surface area contributed by atoms with Crippen LogP contribution in [0, 0.1) is 0 Å². The molecular formula is C12H24N2O6. The van der Waals surface area contributed by atoms with Crippen LogP contribution < -0.4 is 10.4 Å². The number of carbonyl (C=O) groups is 2. The van der Waals surface area contributed by atoms with Gasteiger partial charge < -0.3 is 29.3 Å². The normalized spacial score (nSPS) is 11.1. The van der Waals surface area contributed by atoms with Crippen LogP contribution in [0.5, 0.6) is 0 Å². The molecule has 0 atom stereocenters. The minimum Gasteiger partial charge on any atom is -0.544 e. The minimum atomic E-state index is -2.60. The molecule has 0 saturated heterocycles. The zero-order valence-electron chi connectivity index (χ0n) is 12.4. The molecular weight excluding hydrogens is 268 g/mol. The summed E-state index contributed by atoms with van der Waals surface area (Å²) in [6, 6.07) is 0. The highest BCUT2D eigenvalue weighted by atomic mass is 16.6. The van der Waals surface area contributed by atoms with Crippen molar-refractivity contribution in [3.8, 4) is 0 Å². The maximum Gasteiger partial charge on any atom is 0.383 e. The monoisotopic (exact) mass is 292 g/mol. The maximum atomic E-state index is 10.8. The second-order valence-corrected chi connectivity index (χ2v) is 4.91. The Balaban J connectivity index is 0. The summed E-state index contributed by atoms with van der Waals surface area (Å²) in [5.74, 6) is -4.74. The second kappa shape index (κ2) is 9.43. The predicted octanol–water partition coefficient (Wildman–Crippen LogP) is -2.59. The molecule has 0 heterocycles. The lowest BCUT2D eigenvalue weighted by Crippen LogP contribution is -2.52. The van der Waals surface area contributed by atoms with Gasteiger partial charge in [-0.15, -0.1) is 0 Å². The standard InChI is InChI=1S/C7H13NO4.C5H11NO2/c1-3-5-12-6(9)7(10,11)8-4-2;1-6(2,3)4-5(7)8/h3,8,10-11H,1,4-5H2,2H3;4H2,1-3H3. The molecule has 0 spiro atoms.